The average Bonchev–Trinajstić information content (AvgIpc) is 3.18. The molecular formula is C25H28N2O4. The topological polar surface area (TPSA) is 80.6 Å². The minimum atomic E-state index is -0.360. The molecular weight excluding hydrogens is 392 g/mol. The van der Waals surface area contributed by atoms with Crippen molar-refractivity contribution in [2.75, 3.05) is 13.2 Å². The summed E-state index contributed by atoms with van der Waals surface area (Å²) in [6.45, 7) is 1.49. The number of fused-ring (bicyclic) bond motifs is 2. The molecule has 5 rings (SSSR count). The molecule has 2 amide bonds. The molecule has 1 aliphatic heterocycles. The van der Waals surface area contributed by atoms with Crippen molar-refractivity contribution in [1.29, 1.82) is 0 Å². The number of piperidine rings is 1. The summed E-state index contributed by atoms with van der Waals surface area (Å²) in [6, 6.07) is 10.7. The maximum atomic E-state index is 12.3. The fourth-order valence-corrected chi connectivity index (χ4v) is 4.86. The van der Waals surface area contributed by atoms with E-state index in [4.69, 9.17) is 9.15 Å². The van der Waals surface area contributed by atoms with Gasteiger partial charge < -0.3 is 14.5 Å². The molecule has 6 heteroatoms. The third-order valence-electron chi connectivity index (χ3n) is 6.56. The third kappa shape index (κ3) is 4.30. The van der Waals surface area contributed by atoms with E-state index in [0.717, 1.165) is 39.6 Å². The molecule has 162 valence electrons. The Kier molecular flexibility index (Phi) is 5.64. The molecule has 2 N–H and O–H groups in total. The average molecular weight is 421 g/mol. The van der Waals surface area contributed by atoms with Gasteiger partial charge in [0.25, 0.3) is 0 Å². The maximum Gasteiger partial charge on any atom is 0.234 e. The first kappa shape index (κ1) is 20.1. The summed E-state index contributed by atoms with van der Waals surface area (Å²) in [5, 5.41) is 9.05. The van der Waals surface area contributed by atoms with Crippen molar-refractivity contribution in [2.45, 2.75) is 56.9 Å². The number of imide groups is 1. The summed E-state index contributed by atoms with van der Waals surface area (Å²) in [6.07, 6.45) is 9.06. The Morgan fingerprint density at radius 1 is 1.03 bits per heavy atom. The first-order chi connectivity index (χ1) is 15.2. The molecule has 2 heterocycles. The van der Waals surface area contributed by atoms with Crippen LogP contribution in [0.3, 0.4) is 0 Å². The minimum Gasteiger partial charge on any atom is -0.492 e. The van der Waals surface area contributed by atoms with Gasteiger partial charge in [-0.05, 0) is 54.3 Å². The lowest BCUT2D eigenvalue weighted by Gasteiger charge is -2.22. The maximum absolute atomic E-state index is 12.3. The molecule has 1 saturated carbocycles. The predicted molar refractivity (Wildman–Crippen MR) is 119 cm³/mol. The van der Waals surface area contributed by atoms with Crippen LogP contribution in [0.4, 0.5) is 0 Å². The standard InChI is InChI=1S/C25H28N2O4/c28-24-9-8-20(25(29)27-24)22-15-31-23-14-16-6-7-19(12-17(16)13-21(22)23)30-11-10-26-18-4-2-1-3-5-18/h6-7,12-15,18,20,26H,1-5,8-11H2,(H,27,28,29)/t20-/m0/s1. The summed E-state index contributed by atoms with van der Waals surface area (Å²) in [5.74, 6) is 0.0194. The number of nitrogens with one attached hydrogen (secondary N) is 2. The summed E-state index contributed by atoms with van der Waals surface area (Å²) < 4.78 is 11.7. The predicted octanol–water partition coefficient (Wildman–Crippen LogP) is 4.41. The van der Waals surface area contributed by atoms with Crippen LogP contribution in [0.25, 0.3) is 21.7 Å². The molecule has 1 aliphatic carbocycles. The number of hydrogen-bond acceptors (Lipinski definition) is 5. The molecule has 2 fully saturated rings. The fourth-order valence-electron chi connectivity index (χ4n) is 4.86. The highest BCUT2D eigenvalue weighted by Gasteiger charge is 2.30. The van der Waals surface area contributed by atoms with Crippen LogP contribution in [0.1, 0.15) is 56.4 Å². The summed E-state index contributed by atoms with van der Waals surface area (Å²) in [5.41, 5.74) is 1.59. The number of ether oxygens (including phenoxy) is 1. The second kappa shape index (κ2) is 8.71. The monoisotopic (exact) mass is 420 g/mol. The van der Waals surface area contributed by atoms with Gasteiger partial charge in [-0.3, -0.25) is 14.9 Å². The van der Waals surface area contributed by atoms with Crippen LogP contribution in [0.15, 0.2) is 41.0 Å². The number of hydrogen-bond donors (Lipinski definition) is 2. The van der Waals surface area contributed by atoms with E-state index in [1.54, 1.807) is 6.26 Å². The van der Waals surface area contributed by atoms with Crippen LogP contribution < -0.4 is 15.4 Å². The van der Waals surface area contributed by atoms with E-state index in [0.29, 0.717) is 25.5 Å². The first-order valence-electron chi connectivity index (χ1n) is 11.3. The van der Waals surface area contributed by atoms with Crippen LogP contribution in [0, 0.1) is 0 Å². The van der Waals surface area contributed by atoms with Gasteiger partial charge in [0, 0.05) is 30.0 Å². The van der Waals surface area contributed by atoms with E-state index in [-0.39, 0.29) is 17.7 Å². The van der Waals surface area contributed by atoms with Crippen LogP contribution in [-0.4, -0.2) is 31.0 Å². The van der Waals surface area contributed by atoms with Crippen molar-refractivity contribution in [3.05, 3.63) is 42.2 Å². The van der Waals surface area contributed by atoms with Crippen molar-refractivity contribution >= 4 is 33.6 Å². The summed E-state index contributed by atoms with van der Waals surface area (Å²) in [7, 11) is 0. The van der Waals surface area contributed by atoms with E-state index in [9.17, 15) is 9.59 Å². The molecule has 2 aromatic carbocycles. The van der Waals surface area contributed by atoms with Crippen LogP contribution in [0.5, 0.6) is 5.75 Å². The van der Waals surface area contributed by atoms with E-state index in [1.165, 1.54) is 32.1 Å². The molecule has 0 spiro atoms. The van der Waals surface area contributed by atoms with Crippen LogP contribution >= 0.6 is 0 Å². The molecule has 6 nitrogen and oxygen atoms in total. The third-order valence-corrected chi connectivity index (χ3v) is 6.56. The van der Waals surface area contributed by atoms with Crippen molar-refractivity contribution < 1.29 is 18.7 Å². The molecule has 1 atom stereocenters. The highest BCUT2D eigenvalue weighted by atomic mass is 16.5. The summed E-state index contributed by atoms with van der Waals surface area (Å²) >= 11 is 0. The van der Waals surface area contributed by atoms with Gasteiger partial charge in [-0.25, -0.2) is 0 Å². The number of amides is 2. The van der Waals surface area contributed by atoms with Gasteiger partial charge >= 0.3 is 0 Å². The highest BCUT2D eigenvalue weighted by molar-refractivity contribution is 6.04. The van der Waals surface area contributed by atoms with Crippen molar-refractivity contribution in [3.63, 3.8) is 0 Å². The number of benzene rings is 2. The van der Waals surface area contributed by atoms with Gasteiger partial charge in [0.05, 0.1) is 12.2 Å². The Labute approximate surface area is 181 Å². The van der Waals surface area contributed by atoms with Gasteiger partial charge in [0.1, 0.15) is 17.9 Å². The number of carbonyl (C=O) groups is 2. The Bertz CT molecular complexity index is 1110. The zero-order valence-electron chi connectivity index (χ0n) is 17.6. The van der Waals surface area contributed by atoms with Crippen LogP contribution in [-0.2, 0) is 9.59 Å². The van der Waals surface area contributed by atoms with Gasteiger partial charge in [-0.15, -0.1) is 0 Å². The van der Waals surface area contributed by atoms with Crippen LogP contribution in [0.2, 0.25) is 0 Å². The molecule has 3 aromatic rings. The largest absolute Gasteiger partial charge is 0.492 e. The Morgan fingerprint density at radius 2 is 1.90 bits per heavy atom. The normalized spacial score (nSPS) is 20.3. The molecule has 1 aromatic heterocycles. The van der Waals surface area contributed by atoms with Gasteiger partial charge in [0.2, 0.25) is 11.8 Å². The Balaban J connectivity index is 1.31. The Hall–Kier alpha value is -2.86. The van der Waals surface area contributed by atoms with E-state index in [2.05, 4.69) is 16.7 Å². The molecule has 2 aliphatic rings. The molecule has 31 heavy (non-hydrogen) atoms. The quantitative estimate of drug-likeness (QED) is 0.456. The van der Waals surface area contributed by atoms with Crippen molar-refractivity contribution in [2.24, 2.45) is 0 Å². The SMILES string of the molecule is O=C1CC[C@@H](c2coc3cc4ccc(OCCNC5CCCCC5)cc4cc23)C(=O)N1. The molecule has 0 unspecified atom stereocenters. The highest BCUT2D eigenvalue weighted by Crippen LogP contribution is 2.35. The number of furan rings is 1. The van der Waals surface area contributed by atoms with Gasteiger partial charge in [-0.2, -0.15) is 0 Å². The molecule has 1 saturated heterocycles. The second-order valence-electron chi connectivity index (χ2n) is 8.69. The lowest BCUT2D eigenvalue weighted by molar-refractivity contribution is -0.134. The summed E-state index contributed by atoms with van der Waals surface area (Å²) in [4.78, 5) is 23.8. The zero-order chi connectivity index (χ0) is 21.2. The smallest absolute Gasteiger partial charge is 0.234 e. The lowest BCUT2D eigenvalue weighted by Crippen LogP contribution is -2.39. The number of rotatable bonds is 6. The molecule has 0 radical (unpaired) electrons. The van der Waals surface area contributed by atoms with Crippen molar-refractivity contribution in [1.82, 2.24) is 10.6 Å². The second-order valence-corrected chi connectivity index (χ2v) is 8.69. The Morgan fingerprint density at radius 3 is 2.74 bits per heavy atom. The fraction of sp³-hybridized carbons (Fsp3) is 0.440. The van der Waals surface area contributed by atoms with E-state index in [1.807, 2.05) is 24.3 Å². The van der Waals surface area contributed by atoms with Crippen molar-refractivity contribution in [3.8, 4) is 5.75 Å². The first-order valence-corrected chi connectivity index (χ1v) is 11.3. The minimum absolute atomic E-state index is 0.209. The van der Waals surface area contributed by atoms with Gasteiger partial charge in [0.15, 0.2) is 0 Å². The van der Waals surface area contributed by atoms with E-state index >= 15 is 0 Å². The van der Waals surface area contributed by atoms with E-state index < -0.39 is 0 Å². The zero-order valence-corrected chi connectivity index (χ0v) is 17.6. The molecule has 0 bridgehead atoms. The van der Waals surface area contributed by atoms with Gasteiger partial charge in [-0.1, -0.05) is 25.3 Å². The lowest BCUT2D eigenvalue weighted by atomic mass is 9.90. The number of carbonyl (C=O) groups excluding carboxylic acids is 2.